The third kappa shape index (κ3) is 4.12. The number of hydrogen-bond donors (Lipinski definition) is 2. The van der Waals surface area contributed by atoms with Gasteiger partial charge in [0.1, 0.15) is 25.0 Å². The van der Waals surface area contributed by atoms with Crippen molar-refractivity contribution in [3.8, 4) is 11.5 Å². The molecule has 0 saturated heterocycles. The second-order valence-electron chi connectivity index (χ2n) is 4.09. The highest BCUT2D eigenvalue weighted by Gasteiger charge is 1.93. The molecule has 4 N–H and O–H groups in total. The van der Waals surface area contributed by atoms with Gasteiger partial charge in [0, 0.05) is 0 Å². The van der Waals surface area contributed by atoms with E-state index in [0.29, 0.717) is 0 Å². The zero-order valence-electron chi connectivity index (χ0n) is 11.2. The predicted octanol–water partition coefficient (Wildman–Crippen LogP) is 2.45. The van der Waals surface area contributed by atoms with Gasteiger partial charge in [0.05, 0.1) is 0 Å². The van der Waals surface area contributed by atoms with Gasteiger partial charge in [-0.3, -0.25) is 11.5 Å². The van der Waals surface area contributed by atoms with Crippen molar-refractivity contribution in [1.29, 1.82) is 0 Å². The van der Waals surface area contributed by atoms with E-state index in [1.807, 2.05) is 60.7 Å². The molecule has 0 aromatic heterocycles. The Balaban J connectivity index is 2.01. The molecule has 0 aliphatic rings. The standard InChI is InChI=1S/C16H18N2O2/c17-11-19-15-7-3-13(4-8-15)1-2-14-5-9-16(10-6-14)20-12-18/h1-10H,11-12,17-18H2. The molecule has 0 aliphatic heterocycles. The highest BCUT2D eigenvalue weighted by atomic mass is 16.5. The summed E-state index contributed by atoms with van der Waals surface area (Å²) in [6, 6.07) is 15.5. The van der Waals surface area contributed by atoms with Gasteiger partial charge in [-0.15, -0.1) is 0 Å². The number of ether oxygens (including phenoxy) is 2. The summed E-state index contributed by atoms with van der Waals surface area (Å²) < 4.78 is 10.4. The number of nitrogens with two attached hydrogens (primary N) is 2. The molecule has 2 rings (SSSR count). The van der Waals surface area contributed by atoms with Gasteiger partial charge in [-0.2, -0.15) is 0 Å². The van der Waals surface area contributed by atoms with Crippen molar-refractivity contribution >= 4 is 12.2 Å². The summed E-state index contributed by atoms with van der Waals surface area (Å²) in [5.74, 6) is 1.54. The Hall–Kier alpha value is -2.30. The zero-order valence-corrected chi connectivity index (χ0v) is 11.2. The molecular formula is C16H18N2O2. The molecule has 4 heteroatoms. The van der Waals surface area contributed by atoms with Crippen molar-refractivity contribution in [3.63, 3.8) is 0 Å². The van der Waals surface area contributed by atoms with E-state index in [2.05, 4.69) is 0 Å². The number of rotatable bonds is 6. The molecule has 0 fully saturated rings. The molecular weight excluding hydrogens is 252 g/mol. The first kappa shape index (κ1) is 14.1. The monoisotopic (exact) mass is 270 g/mol. The molecule has 20 heavy (non-hydrogen) atoms. The van der Waals surface area contributed by atoms with E-state index >= 15 is 0 Å². The van der Waals surface area contributed by atoms with Crippen LogP contribution in [-0.4, -0.2) is 13.5 Å². The van der Waals surface area contributed by atoms with E-state index in [0.717, 1.165) is 22.6 Å². The van der Waals surface area contributed by atoms with Crippen LogP contribution in [-0.2, 0) is 0 Å². The van der Waals surface area contributed by atoms with Gasteiger partial charge in [0.25, 0.3) is 0 Å². The third-order valence-corrected chi connectivity index (χ3v) is 2.73. The van der Waals surface area contributed by atoms with Crippen molar-refractivity contribution in [3.05, 3.63) is 59.7 Å². The predicted molar refractivity (Wildman–Crippen MR) is 81.2 cm³/mol. The normalized spacial score (nSPS) is 10.7. The van der Waals surface area contributed by atoms with E-state index in [1.165, 1.54) is 0 Å². The fraction of sp³-hybridized carbons (Fsp3) is 0.125. The minimum absolute atomic E-state index is 0.187. The lowest BCUT2D eigenvalue weighted by Crippen LogP contribution is -2.06. The first-order valence-electron chi connectivity index (χ1n) is 6.36. The maximum absolute atomic E-state index is 5.31. The lowest BCUT2D eigenvalue weighted by molar-refractivity contribution is 0.329. The van der Waals surface area contributed by atoms with E-state index < -0.39 is 0 Å². The number of benzene rings is 2. The molecule has 2 aromatic carbocycles. The van der Waals surface area contributed by atoms with Crippen LogP contribution in [0.4, 0.5) is 0 Å². The fourth-order valence-corrected chi connectivity index (χ4v) is 1.74. The molecule has 104 valence electrons. The van der Waals surface area contributed by atoms with Crippen LogP contribution in [0.3, 0.4) is 0 Å². The first-order chi connectivity index (χ1) is 9.81. The average molecular weight is 270 g/mol. The van der Waals surface area contributed by atoms with Gasteiger partial charge in [-0.1, -0.05) is 36.4 Å². The molecule has 0 amide bonds. The summed E-state index contributed by atoms with van der Waals surface area (Å²) in [6.45, 7) is 0.374. The molecule has 0 aliphatic carbocycles. The van der Waals surface area contributed by atoms with Crippen LogP contribution < -0.4 is 20.9 Å². The summed E-state index contributed by atoms with van der Waals surface area (Å²) in [6.07, 6.45) is 4.07. The lowest BCUT2D eigenvalue weighted by atomic mass is 10.1. The van der Waals surface area contributed by atoms with Crippen LogP contribution >= 0.6 is 0 Å². The molecule has 0 bridgehead atoms. The first-order valence-corrected chi connectivity index (χ1v) is 6.36. The summed E-state index contributed by atoms with van der Waals surface area (Å²) in [4.78, 5) is 0. The quantitative estimate of drug-likeness (QED) is 0.625. The minimum Gasteiger partial charge on any atom is -0.479 e. The van der Waals surface area contributed by atoms with E-state index in [-0.39, 0.29) is 13.5 Å². The maximum Gasteiger partial charge on any atom is 0.137 e. The van der Waals surface area contributed by atoms with Crippen LogP contribution in [0.25, 0.3) is 12.2 Å². The van der Waals surface area contributed by atoms with Crippen molar-refractivity contribution in [1.82, 2.24) is 0 Å². The molecule has 4 nitrogen and oxygen atoms in total. The van der Waals surface area contributed by atoms with Gasteiger partial charge in [0.15, 0.2) is 0 Å². The molecule has 0 atom stereocenters. The Morgan fingerprint density at radius 3 is 1.30 bits per heavy atom. The molecule has 0 spiro atoms. The van der Waals surface area contributed by atoms with Gasteiger partial charge in [-0.25, -0.2) is 0 Å². The topological polar surface area (TPSA) is 70.5 Å². The Labute approximate surface area is 118 Å². The summed E-state index contributed by atoms with van der Waals surface area (Å²) in [7, 11) is 0. The molecule has 2 aromatic rings. The van der Waals surface area contributed by atoms with Crippen LogP contribution in [0, 0.1) is 0 Å². The van der Waals surface area contributed by atoms with Gasteiger partial charge >= 0.3 is 0 Å². The molecule has 0 saturated carbocycles. The molecule has 0 radical (unpaired) electrons. The molecule has 0 unspecified atom stereocenters. The Morgan fingerprint density at radius 1 is 0.650 bits per heavy atom. The SMILES string of the molecule is NCOc1ccc(C=Cc2ccc(OCN)cc2)cc1. The van der Waals surface area contributed by atoms with Gasteiger partial charge in [0.2, 0.25) is 0 Å². The van der Waals surface area contributed by atoms with Gasteiger partial charge < -0.3 is 9.47 Å². The maximum atomic E-state index is 5.31. The highest BCUT2D eigenvalue weighted by Crippen LogP contribution is 2.16. The average Bonchev–Trinajstić information content (AvgIpc) is 2.49. The van der Waals surface area contributed by atoms with E-state index in [9.17, 15) is 0 Å². The Bertz CT molecular complexity index is 496. The number of hydrogen-bond acceptors (Lipinski definition) is 4. The van der Waals surface area contributed by atoms with Crippen molar-refractivity contribution in [2.75, 3.05) is 13.5 Å². The van der Waals surface area contributed by atoms with Crippen molar-refractivity contribution in [2.24, 2.45) is 11.5 Å². The minimum atomic E-state index is 0.187. The van der Waals surface area contributed by atoms with Crippen molar-refractivity contribution < 1.29 is 9.47 Å². The fourth-order valence-electron chi connectivity index (χ4n) is 1.74. The summed E-state index contributed by atoms with van der Waals surface area (Å²) in [5.41, 5.74) is 12.8. The van der Waals surface area contributed by atoms with Crippen LogP contribution in [0.1, 0.15) is 11.1 Å². The van der Waals surface area contributed by atoms with Gasteiger partial charge in [-0.05, 0) is 35.4 Å². The smallest absolute Gasteiger partial charge is 0.137 e. The van der Waals surface area contributed by atoms with Crippen LogP contribution in [0.2, 0.25) is 0 Å². The second kappa shape index (κ2) is 7.33. The van der Waals surface area contributed by atoms with E-state index in [4.69, 9.17) is 20.9 Å². The molecule has 0 heterocycles. The lowest BCUT2D eigenvalue weighted by Gasteiger charge is -2.03. The van der Waals surface area contributed by atoms with E-state index in [1.54, 1.807) is 0 Å². The zero-order chi connectivity index (χ0) is 14.2. The highest BCUT2D eigenvalue weighted by molar-refractivity contribution is 5.70. The summed E-state index contributed by atoms with van der Waals surface area (Å²) in [5, 5.41) is 0. The summed E-state index contributed by atoms with van der Waals surface area (Å²) >= 11 is 0. The third-order valence-electron chi connectivity index (χ3n) is 2.73. The van der Waals surface area contributed by atoms with Crippen molar-refractivity contribution in [2.45, 2.75) is 0 Å². The van der Waals surface area contributed by atoms with Crippen LogP contribution in [0.15, 0.2) is 48.5 Å². The Kier molecular flexibility index (Phi) is 5.17. The largest absolute Gasteiger partial charge is 0.479 e. The Morgan fingerprint density at radius 2 is 1.00 bits per heavy atom. The van der Waals surface area contributed by atoms with Crippen LogP contribution in [0.5, 0.6) is 11.5 Å². The second-order valence-corrected chi connectivity index (χ2v) is 4.09.